The van der Waals surface area contributed by atoms with E-state index in [0.29, 0.717) is 47.7 Å². The Hall–Kier alpha value is -4.53. The summed E-state index contributed by atoms with van der Waals surface area (Å²) < 4.78 is 106. The minimum Gasteiger partial charge on any atom is -0.748 e. The van der Waals surface area contributed by atoms with Gasteiger partial charge >= 0.3 is 5.97 Å². The Morgan fingerprint density at radius 2 is 1.48 bits per heavy atom. The number of anilines is 1. The first-order chi connectivity index (χ1) is 27.9. The van der Waals surface area contributed by atoms with E-state index in [4.69, 9.17) is 4.84 Å². The molecule has 0 saturated carbocycles. The third kappa shape index (κ3) is 11.0. The highest BCUT2D eigenvalue weighted by Gasteiger charge is 2.45. The first-order valence-electron chi connectivity index (χ1n) is 19.6. The van der Waals surface area contributed by atoms with Crippen molar-refractivity contribution in [2.24, 2.45) is 0 Å². The van der Waals surface area contributed by atoms with E-state index in [0.717, 1.165) is 22.5 Å². The van der Waals surface area contributed by atoms with Gasteiger partial charge in [-0.2, -0.15) is 4.58 Å². The summed E-state index contributed by atoms with van der Waals surface area (Å²) >= 11 is 0. The molecule has 2 aromatic rings. The van der Waals surface area contributed by atoms with Crippen LogP contribution in [0.15, 0.2) is 77.4 Å². The molecule has 0 aromatic heterocycles. The summed E-state index contributed by atoms with van der Waals surface area (Å²) in [7, 11) is -13.7. The van der Waals surface area contributed by atoms with Crippen LogP contribution in [0.3, 0.4) is 0 Å². The normalized spacial score (nSPS) is 20.0. The summed E-state index contributed by atoms with van der Waals surface area (Å²) in [5.41, 5.74) is 4.05. The van der Waals surface area contributed by atoms with E-state index in [1.54, 1.807) is 22.8 Å². The Morgan fingerprint density at radius 1 is 0.817 bits per heavy atom. The molecule has 0 aliphatic carbocycles. The summed E-state index contributed by atoms with van der Waals surface area (Å²) in [5.74, 6) is -2.93. The Balaban J connectivity index is 1.42. The lowest BCUT2D eigenvalue weighted by Gasteiger charge is -2.30. The standard InChI is InChI=1S/C41H51N3O13S3/c1-29-16-18-34-32(27-29)41(4,22-10-6-9-15-39(47)57-44-37(45)20-21-38(44)46)36(43(34)24-12-26-59(51,52)53)14-8-5-7-13-35-40(2,3)31-28-30(60(54,55)56)17-19-33(31)42(35)23-11-25-58(48,49)50/h5,7-8,13-14,16-19,27-28H,6,9-12,15,20-26H2,1-4H3,(H2-,48,49,50,51,52,53,54,55,56)/p-2. The highest BCUT2D eigenvalue weighted by atomic mass is 32.2. The fourth-order valence-corrected chi connectivity index (χ4v) is 9.57. The first-order valence-corrected chi connectivity index (χ1v) is 24.1. The van der Waals surface area contributed by atoms with Gasteiger partial charge in [0.15, 0.2) is 5.71 Å². The molecule has 0 bridgehead atoms. The lowest BCUT2D eigenvalue weighted by Crippen LogP contribution is -2.32. The molecule has 1 fully saturated rings. The van der Waals surface area contributed by atoms with Gasteiger partial charge in [-0.15, -0.1) is 5.06 Å². The van der Waals surface area contributed by atoms with Crippen molar-refractivity contribution < 1.29 is 62.7 Å². The molecule has 0 radical (unpaired) electrons. The van der Waals surface area contributed by atoms with Gasteiger partial charge in [-0.25, -0.2) is 30.0 Å². The van der Waals surface area contributed by atoms with Crippen LogP contribution in [-0.4, -0.2) is 96.6 Å². The van der Waals surface area contributed by atoms with Crippen LogP contribution in [0.5, 0.6) is 0 Å². The summed E-state index contributed by atoms with van der Waals surface area (Å²) in [5, 5.41) is 0.529. The SMILES string of the molecule is Cc1ccc2c(c1)C(C)(CCCCCC(=O)ON1C(=O)CCC1=O)C(=CC=CC=CC1=[N+](CCCS(=O)(=O)[O-])c3ccc(S(=O)(=O)[O-])cc3C1(C)C)N2CCCS(=O)(=O)[O-]. The molecule has 3 aliphatic rings. The molecular weight excluding hydrogens is 839 g/mol. The van der Waals surface area contributed by atoms with Crippen LogP contribution in [0, 0.1) is 6.92 Å². The van der Waals surface area contributed by atoms with Gasteiger partial charge in [-0.1, -0.05) is 48.8 Å². The van der Waals surface area contributed by atoms with E-state index >= 15 is 0 Å². The zero-order valence-corrected chi connectivity index (χ0v) is 36.4. The molecule has 1 atom stereocenters. The number of hydrogen-bond donors (Lipinski definition) is 0. The topological polar surface area (TPSA) is 242 Å². The molecule has 3 heterocycles. The lowest BCUT2D eigenvalue weighted by atomic mass is 9.76. The maximum Gasteiger partial charge on any atom is 0.333 e. The van der Waals surface area contributed by atoms with Crippen molar-refractivity contribution >= 4 is 65.2 Å². The van der Waals surface area contributed by atoms with Crippen molar-refractivity contribution in [3.05, 3.63) is 89.2 Å². The fraction of sp³-hybridized carbons (Fsp3) is 0.463. The van der Waals surface area contributed by atoms with E-state index in [-0.39, 0.29) is 45.2 Å². The number of unbranched alkanes of at least 4 members (excludes halogenated alkanes) is 2. The largest absolute Gasteiger partial charge is 0.748 e. The number of fused-ring (bicyclic) bond motifs is 2. The second-order valence-corrected chi connectivity index (χ2v) is 20.4. The number of allylic oxidation sites excluding steroid dienone is 6. The summed E-state index contributed by atoms with van der Waals surface area (Å²) in [6, 6.07) is 9.99. The number of carbonyl (C=O) groups is 3. The summed E-state index contributed by atoms with van der Waals surface area (Å²) in [6.07, 6.45) is 11.4. The summed E-state index contributed by atoms with van der Waals surface area (Å²) in [4.78, 5) is 42.7. The Bertz CT molecular complexity index is 2490. The molecule has 0 N–H and O–H groups in total. The number of hydroxylamine groups is 2. The molecule has 19 heteroatoms. The Morgan fingerprint density at radius 3 is 2.13 bits per heavy atom. The minimum atomic E-state index is -4.77. The number of aryl methyl sites for hydroxylation is 1. The number of hydrogen-bond acceptors (Lipinski definition) is 14. The zero-order chi connectivity index (χ0) is 44.3. The molecule has 16 nitrogen and oxygen atoms in total. The van der Waals surface area contributed by atoms with Crippen molar-refractivity contribution in [1.29, 1.82) is 0 Å². The second-order valence-electron chi connectivity index (χ2n) is 15.9. The second kappa shape index (κ2) is 18.2. The Kier molecular flexibility index (Phi) is 14.1. The fourth-order valence-electron chi connectivity index (χ4n) is 8.11. The predicted octanol–water partition coefficient (Wildman–Crippen LogP) is 4.48. The van der Waals surface area contributed by atoms with E-state index in [9.17, 15) is 53.3 Å². The average Bonchev–Trinajstić information content (AvgIpc) is 3.65. The number of benzene rings is 2. The van der Waals surface area contributed by atoms with Crippen LogP contribution in [0.1, 0.15) is 95.2 Å². The lowest BCUT2D eigenvalue weighted by molar-refractivity contribution is -0.437. The van der Waals surface area contributed by atoms with Crippen LogP contribution >= 0.6 is 0 Å². The molecule has 60 heavy (non-hydrogen) atoms. The van der Waals surface area contributed by atoms with E-state index in [1.165, 1.54) is 18.2 Å². The number of nitrogens with zero attached hydrogens (tertiary/aromatic N) is 3. The molecule has 1 unspecified atom stereocenters. The number of amides is 2. The van der Waals surface area contributed by atoms with Gasteiger partial charge in [-0.3, -0.25) is 9.59 Å². The molecule has 1 saturated heterocycles. The van der Waals surface area contributed by atoms with Gasteiger partial charge in [0, 0.05) is 78.2 Å². The van der Waals surface area contributed by atoms with E-state index in [1.807, 2.05) is 50.0 Å². The van der Waals surface area contributed by atoms with Crippen LogP contribution in [0.25, 0.3) is 0 Å². The van der Waals surface area contributed by atoms with Crippen LogP contribution in [0.4, 0.5) is 11.4 Å². The smallest absolute Gasteiger partial charge is 0.333 e. The highest BCUT2D eigenvalue weighted by Crippen LogP contribution is 2.51. The van der Waals surface area contributed by atoms with Crippen molar-refractivity contribution in [1.82, 2.24) is 5.06 Å². The van der Waals surface area contributed by atoms with E-state index < -0.39 is 75.4 Å². The summed E-state index contributed by atoms with van der Waals surface area (Å²) in [6.45, 7) is 8.08. The van der Waals surface area contributed by atoms with Gasteiger partial charge in [0.05, 0.1) is 30.5 Å². The van der Waals surface area contributed by atoms with Gasteiger partial charge < -0.3 is 23.4 Å². The van der Waals surface area contributed by atoms with Crippen molar-refractivity contribution in [2.45, 2.75) is 101 Å². The molecule has 5 rings (SSSR count). The minimum absolute atomic E-state index is 0.00289. The number of rotatable bonds is 19. The van der Waals surface area contributed by atoms with Crippen LogP contribution in [-0.2, 0) is 60.4 Å². The molecule has 3 aliphatic heterocycles. The zero-order valence-electron chi connectivity index (χ0n) is 33.9. The van der Waals surface area contributed by atoms with Crippen molar-refractivity contribution in [3.8, 4) is 0 Å². The predicted molar refractivity (Wildman–Crippen MR) is 218 cm³/mol. The quantitative estimate of drug-likeness (QED) is 0.0622. The van der Waals surface area contributed by atoms with Crippen molar-refractivity contribution in [3.63, 3.8) is 0 Å². The third-order valence-corrected chi connectivity index (χ3v) is 13.5. The van der Waals surface area contributed by atoms with Gasteiger partial charge in [0.25, 0.3) is 11.8 Å². The maximum absolute atomic E-state index is 12.4. The first kappa shape index (κ1) is 46.5. The number of carbonyl (C=O) groups excluding carboxylic acids is 3. The van der Waals surface area contributed by atoms with Crippen LogP contribution in [0.2, 0.25) is 0 Å². The number of imide groups is 1. The molecule has 2 amide bonds. The molecule has 0 spiro atoms. The monoisotopic (exact) mass is 887 g/mol. The van der Waals surface area contributed by atoms with Crippen molar-refractivity contribution in [2.75, 3.05) is 29.5 Å². The Labute approximate surface area is 351 Å². The molecule has 2 aromatic carbocycles. The van der Waals surface area contributed by atoms with Gasteiger partial charge in [0.1, 0.15) is 16.7 Å². The third-order valence-electron chi connectivity index (χ3n) is 11.1. The average molecular weight is 888 g/mol. The highest BCUT2D eigenvalue weighted by molar-refractivity contribution is 7.86. The van der Waals surface area contributed by atoms with E-state index in [2.05, 4.69) is 13.0 Å². The molecule has 326 valence electrons. The van der Waals surface area contributed by atoms with Gasteiger partial charge in [0.2, 0.25) is 5.69 Å². The molecular formula is C41H49N3O13S3-2. The maximum atomic E-state index is 12.4. The van der Waals surface area contributed by atoms with Crippen LogP contribution < -0.4 is 4.90 Å². The van der Waals surface area contributed by atoms with Gasteiger partial charge in [-0.05, 0) is 76.8 Å².